The van der Waals surface area contributed by atoms with Gasteiger partial charge in [0.25, 0.3) is 15.9 Å². The van der Waals surface area contributed by atoms with Crippen molar-refractivity contribution >= 4 is 33.5 Å². The zero-order valence-electron chi connectivity index (χ0n) is 22.9. The van der Waals surface area contributed by atoms with E-state index in [9.17, 15) is 26.4 Å². The maximum atomic E-state index is 13.3. The molecule has 1 amide bonds. The molecule has 0 unspecified atom stereocenters. The molecular formula is C29H25F3N8O3S. The number of nitrogens with one attached hydrogen (secondary N) is 2. The maximum Gasteiger partial charge on any atom is 0.416 e. The lowest BCUT2D eigenvalue weighted by atomic mass is 10.0. The Balaban J connectivity index is 1.15. The fourth-order valence-electron chi connectivity index (χ4n) is 5.14. The molecule has 0 saturated carbocycles. The lowest BCUT2D eigenvalue weighted by Crippen LogP contribution is -2.39. The lowest BCUT2D eigenvalue weighted by molar-refractivity contribution is -0.137. The largest absolute Gasteiger partial charge is 0.416 e. The van der Waals surface area contributed by atoms with Crippen molar-refractivity contribution in [2.45, 2.75) is 30.1 Å². The number of sulfonamides is 1. The van der Waals surface area contributed by atoms with E-state index in [2.05, 4.69) is 19.8 Å². The molecule has 1 aliphatic heterocycles. The average molecular weight is 623 g/mol. The highest BCUT2D eigenvalue weighted by molar-refractivity contribution is 7.92. The Kier molecular flexibility index (Phi) is 7.41. The summed E-state index contributed by atoms with van der Waals surface area (Å²) < 4.78 is 70.9. The zero-order valence-corrected chi connectivity index (χ0v) is 23.8. The number of alkyl halides is 3. The summed E-state index contributed by atoms with van der Waals surface area (Å²) in [7, 11) is -4.08. The number of anilines is 1. The third-order valence-corrected chi connectivity index (χ3v) is 8.82. The smallest absolute Gasteiger partial charge is 0.338 e. The van der Waals surface area contributed by atoms with Crippen molar-refractivity contribution in [1.29, 1.82) is 5.41 Å². The van der Waals surface area contributed by atoms with Crippen LogP contribution < -0.4 is 4.72 Å². The Bertz CT molecular complexity index is 1960. The Labute approximate surface area is 249 Å². The first-order chi connectivity index (χ1) is 21.0. The highest BCUT2D eigenvalue weighted by Gasteiger charge is 2.31. The first-order valence-corrected chi connectivity index (χ1v) is 15.0. The third-order valence-electron chi connectivity index (χ3n) is 7.48. The number of fused-ring (bicyclic) bond motifs is 1. The Morgan fingerprint density at radius 3 is 2.45 bits per heavy atom. The molecule has 0 spiro atoms. The van der Waals surface area contributed by atoms with Gasteiger partial charge in [-0.3, -0.25) is 23.6 Å². The third kappa shape index (κ3) is 5.65. The first-order valence-electron chi connectivity index (χ1n) is 13.5. The van der Waals surface area contributed by atoms with Crippen LogP contribution in [0.5, 0.6) is 0 Å². The highest BCUT2D eigenvalue weighted by Crippen LogP contribution is 2.31. The topological polar surface area (TPSA) is 138 Å². The minimum atomic E-state index is -4.47. The van der Waals surface area contributed by atoms with Crippen LogP contribution >= 0.6 is 0 Å². The SMILES string of the molecule is N=Cc1ncc(-c2cnn(C3CCN(C(=O)c4ccc(C(F)(F)F)cc4)CC3)c2)cc1NS(=O)(=O)c1cnc2ccccn12. The molecule has 0 aliphatic carbocycles. The van der Waals surface area contributed by atoms with Gasteiger partial charge in [-0.2, -0.15) is 26.7 Å². The Hall–Kier alpha value is -5.05. The summed E-state index contributed by atoms with van der Waals surface area (Å²) in [5.41, 5.74) is 1.36. The standard InChI is InChI=1S/C29H25F3N8O3S/c30-29(31,32)22-6-4-19(5-7-22)28(41)38-11-8-23(9-12-38)40-18-21(16-36-40)20-13-24(25(14-33)34-15-20)37-44(42,43)27-17-35-26-3-1-2-10-39(26)27/h1-7,10,13-18,23,33,37H,8-9,11-12H2. The average Bonchev–Trinajstić information content (AvgIpc) is 3.69. The van der Waals surface area contributed by atoms with Gasteiger partial charge in [0, 0.05) is 54.6 Å². The first kappa shape index (κ1) is 29.0. The summed E-state index contributed by atoms with van der Waals surface area (Å²) in [5.74, 6) is -0.324. The van der Waals surface area contributed by atoms with Crippen molar-refractivity contribution in [3.05, 3.63) is 96.3 Å². The van der Waals surface area contributed by atoms with E-state index in [-0.39, 0.29) is 33.9 Å². The highest BCUT2D eigenvalue weighted by atomic mass is 32.2. The van der Waals surface area contributed by atoms with Gasteiger partial charge in [0.2, 0.25) is 0 Å². The molecule has 1 aromatic carbocycles. The molecule has 0 atom stereocenters. The molecule has 0 radical (unpaired) electrons. The van der Waals surface area contributed by atoms with Crippen molar-refractivity contribution in [2.24, 2.45) is 0 Å². The van der Waals surface area contributed by atoms with Crippen LogP contribution in [0, 0.1) is 5.41 Å². The van der Waals surface area contributed by atoms with Gasteiger partial charge in [-0.25, -0.2) is 4.98 Å². The predicted octanol–water partition coefficient (Wildman–Crippen LogP) is 4.89. The second-order valence-corrected chi connectivity index (χ2v) is 11.9. The van der Waals surface area contributed by atoms with Crippen molar-refractivity contribution < 1.29 is 26.4 Å². The van der Waals surface area contributed by atoms with Gasteiger partial charge in [0.05, 0.1) is 29.7 Å². The van der Waals surface area contributed by atoms with Crippen molar-refractivity contribution in [3.63, 3.8) is 0 Å². The zero-order chi connectivity index (χ0) is 31.1. The van der Waals surface area contributed by atoms with Crippen LogP contribution in [0.1, 0.15) is 40.5 Å². The number of pyridine rings is 2. The summed E-state index contributed by atoms with van der Waals surface area (Å²) in [6, 6.07) is 10.9. The molecular weight excluding hydrogens is 597 g/mol. The van der Waals surface area contributed by atoms with E-state index < -0.39 is 21.8 Å². The Morgan fingerprint density at radius 1 is 1.00 bits per heavy atom. The van der Waals surface area contributed by atoms with E-state index in [1.165, 1.54) is 28.9 Å². The van der Waals surface area contributed by atoms with Crippen LogP contribution in [-0.2, 0) is 16.2 Å². The molecule has 5 aromatic rings. The molecule has 1 saturated heterocycles. The second kappa shape index (κ2) is 11.2. The fourth-order valence-corrected chi connectivity index (χ4v) is 6.30. The number of rotatable bonds is 7. The van der Waals surface area contributed by atoms with E-state index in [4.69, 9.17) is 5.41 Å². The molecule has 1 fully saturated rings. The number of halogens is 3. The molecule has 11 nitrogen and oxygen atoms in total. The molecule has 44 heavy (non-hydrogen) atoms. The van der Waals surface area contributed by atoms with E-state index in [0.717, 1.165) is 18.3 Å². The van der Waals surface area contributed by atoms with Gasteiger partial charge < -0.3 is 10.3 Å². The predicted molar refractivity (Wildman–Crippen MR) is 155 cm³/mol. The number of hydrogen-bond acceptors (Lipinski definition) is 7. The summed E-state index contributed by atoms with van der Waals surface area (Å²) >= 11 is 0. The molecule has 15 heteroatoms. The summed E-state index contributed by atoms with van der Waals surface area (Å²) in [4.78, 5) is 22.9. The number of aromatic nitrogens is 5. The van der Waals surface area contributed by atoms with E-state index in [1.54, 1.807) is 46.2 Å². The van der Waals surface area contributed by atoms with Crippen LogP contribution in [-0.4, -0.2) is 62.7 Å². The van der Waals surface area contributed by atoms with Crippen molar-refractivity contribution in [3.8, 4) is 11.1 Å². The Morgan fingerprint density at radius 2 is 1.75 bits per heavy atom. The van der Waals surface area contributed by atoms with Crippen LogP contribution in [0.15, 0.2) is 84.5 Å². The molecule has 5 heterocycles. The van der Waals surface area contributed by atoms with Crippen LogP contribution in [0.4, 0.5) is 18.9 Å². The van der Waals surface area contributed by atoms with Gasteiger partial charge in [0.15, 0.2) is 5.03 Å². The minimum Gasteiger partial charge on any atom is -0.338 e. The number of imidazole rings is 1. The van der Waals surface area contributed by atoms with Gasteiger partial charge in [-0.05, 0) is 55.3 Å². The van der Waals surface area contributed by atoms with Crippen molar-refractivity contribution in [1.82, 2.24) is 29.0 Å². The maximum absolute atomic E-state index is 13.3. The number of likely N-dealkylation sites (tertiary alicyclic amines) is 1. The van der Waals surface area contributed by atoms with Gasteiger partial charge in [0.1, 0.15) is 11.3 Å². The van der Waals surface area contributed by atoms with E-state index in [0.29, 0.717) is 42.7 Å². The molecule has 226 valence electrons. The fraction of sp³-hybridized carbons (Fsp3) is 0.207. The molecule has 0 bridgehead atoms. The summed E-state index contributed by atoms with van der Waals surface area (Å²) in [6.07, 6.45) is 5.47. The second-order valence-electron chi connectivity index (χ2n) is 10.2. The number of carbonyl (C=O) groups excluding carboxylic acids is 1. The lowest BCUT2D eigenvalue weighted by Gasteiger charge is -2.32. The normalized spacial score (nSPS) is 14.6. The number of carbonyl (C=O) groups is 1. The monoisotopic (exact) mass is 622 g/mol. The van der Waals surface area contributed by atoms with Gasteiger partial charge >= 0.3 is 6.18 Å². The quantitative estimate of drug-likeness (QED) is 0.248. The van der Waals surface area contributed by atoms with Gasteiger partial charge in [-0.15, -0.1) is 0 Å². The number of hydrogen-bond donors (Lipinski definition) is 2. The van der Waals surface area contributed by atoms with E-state index in [1.807, 2.05) is 6.20 Å². The number of benzene rings is 1. The summed E-state index contributed by atoms with van der Waals surface area (Å²) in [6.45, 7) is 0.814. The number of nitrogens with zero attached hydrogens (tertiary/aromatic N) is 6. The number of amides is 1. The van der Waals surface area contributed by atoms with Crippen LogP contribution in [0.3, 0.4) is 0 Å². The van der Waals surface area contributed by atoms with E-state index >= 15 is 0 Å². The van der Waals surface area contributed by atoms with Crippen LogP contribution in [0.2, 0.25) is 0 Å². The van der Waals surface area contributed by atoms with Gasteiger partial charge in [-0.1, -0.05) is 6.07 Å². The minimum absolute atomic E-state index is 0.0256. The van der Waals surface area contributed by atoms with Crippen LogP contribution in [0.25, 0.3) is 16.8 Å². The molecule has 4 aromatic heterocycles. The number of piperidine rings is 1. The molecule has 1 aliphatic rings. The molecule has 2 N–H and O–H groups in total. The van der Waals surface area contributed by atoms with Crippen molar-refractivity contribution in [2.75, 3.05) is 17.8 Å². The molecule has 6 rings (SSSR count). The summed E-state index contributed by atoms with van der Waals surface area (Å²) in [5, 5.41) is 12.1.